The highest BCUT2D eigenvalue weighted by molar-refractivity contribution is 5.89. The Balaban J connectivity index is 1.69. The number of nitrogens with zero attached hydrogens (tertiary/aromatic N) is 2. The van der Waals surface area contributed by atoms with E-state index in [4.69, 9.17) is 0 Å². The van der Waals surface area contributed by atoms with E-state index in [-0.39, 0.29) is 11.8 Å². The monoisotopic (exact) mass is 291 g/mol. The van der Waals surface area contributed by atoms with Crippen molar-refractivity contribution < 1.29 is 9.18 Å². The van der Waals surface area contributed by atoms with Crippen molar-refractivity contribution in [1.82, 2.24) is 9.80 Å². The van der Waals surface area contributed by atoms with Crippen LogP contribution in [0.4, 0.5) is 14.9 Å². The predicted octanol–water partition coefficient (Wildman–Crippen LogP) is 2.70. The number of nitrogens with one attached hydrogen (secondary N) is 1. The van der Waals surface area contributed by atoms with E-state index in [1.54, 1.807) is 12.1 Å². The van der Waals surface area contributed by atoms with Crippen LogP contribution in [0.1, 0.15) is 25.3 Å². The summed E-state index contributed by atoms with van der Waals surface area (Å²) in [5, 5.41) is 2.84. The minimum Gasteiger partial charge on any atom is -0.320 e. The highest BCUT2D eigenvalue weighted by Crippen LogP contribution is 2.22. The molecule has 2 amide bonds. The number of rotatable bonds is 2. The molecule has 3 aliphatic rings. The number of hydrogen-bond donors (Lipinski definition) is 1. The lowest BCUT2D eigenvalue weighted by Crippen LogP contribution is -2.43. The molecule has 114 valence electrons. The molecule has 2 bridgehead atoms. The van der Waals surface area contributed by atoms with Gasteiger partial charge in [0.2, 0.25) is 0 Å². The first-order valence-corrected chi connectivity index (χ1v) is 7.76. The van der Waals surface area contributed by atoms with E-state index >= 15 is 0 Å². The topological polar surface area (TPSA) is 35.6 Å². The molecule has 0 unspecified atom stereocenters. The summed E-state index contributed by atoms with van der Waals surface area (Å²) < 4.78 is 13.8. The van der Waals surface area contributed by atoms with E-state index in [1.807, 2.05) is 11.8 Å². The molecule has 0 saturated carbocycles. The maximum Gasteiger partial charge on any atom is 0.322 e. The molecule has 21 heavy (non-hydrogen) atoms. The fourth-order valence-electron chi connectivity index (χ4n) is 3.26. The van der Waals surface area contributed by atoms with Crippen molar-refractivity contribution >= 4 is 11.7 Å². The van der Waals surface area contributed by atoms with Crippen LogP contribution in [-0.2, 0) is 6.42 Å². The number of piperidine rings is 1. The van der Waals surface area contributed by atoms with Crippen LogP contribution in [0.2, 0.25) is 0 Å². The summed E-state index contributed by atoms with van der Waals surface area (Å²) in [7, 11) is 0. The Morgan fingerprint density at radius 3 is 2.71 bits per heavy atom. The Kier molecular flexibility index (Phi) is 4.10. The maximum absolute atomic E-state index is 13.8. The summed E-state index contributed by atoms with van der Waals surface area (Å²) in [5.74, 6) is -0.252. The first kappa shape index (κ1) is 14.3. The third-order valence-corrected chi connectivity index (χ3v) is 4.60. The van der Waals surface area contributed by atoms with Gasteiger partial charge in [0.1, 0.15) is 5.82 Å². The normalized spacial score (nSPS) is 24.8. The van der Waals surface area contributed by atoms with Crippen molar-refractivity contribution in [3.8, 4) is 0 Å². The fourth-order valence-corrected chi connectivity index (χ4v) is 3.26. The lowest BCUT2D eigenvalue weighted by Gasteiger charge is -2.31. The quantitative estimate of drug-likeness (QED) is 0.909. The summed E-state index contributed by atoms with van der Waals surface area (Å²) in [6, 6.07) is 5.15. The van der Waals surface area contributed by atoms with Crippen LogP contribution < -0.4 is 5.32 Å². The van der Waals surface area contributed by atoms with Gasteiger partial charge in [-0.2, -0.15) is 0 Å². The maximum atomic E-state index is 13.8. The van der Waals surface area contributed by atoms with Crippen molar-refractivity contribution in [1.29, 1.82) is 0 Å². The van der Waals surface area contributed by atoms with Gasteiger partial charge in [-0.15, -0.1) is 0 Å². The zero-order valence-corrected chi connectivity index (χ0v) is 12.4. The predicted molar refractivity (Wildman–Crippen MR) is 81.0 cm³/mol. The van der Waals surface area contributed by atoms with E-state index < -0.39 is 0 Å². The second kappa shape index (κ2) is 6.02. The van der Waals surface area contributed by atoms with Gasteiger partial charge < -0.3 is 15.1 Å². The summed E-state index contributed by atoms with van der Waals surface area (Å²) in [4.78, 5) is 16.8. The van der Waals surface area contributed by atoms with Crippen LogP contribution in [0.25, 0.3) is 0 Å². The average Bonchev–Trinajstić information content (AvgIpc) is 2.81. The van der Waals surface area contributed by atoms with Crippen LogP contribution in [-0.4, -0.2) is 48.1 Å². The third kappa shape index (κ3) is 3.02. The van der Waals surface area contributed by atoms with Gasteiger partial charge in [0.25, 0.3) is 0 Å². The van der Waals surface area contributed by atoms with Crippen LogP contribution >= 0.6 is 0 Å². The van der Waals surface area contributed by atoms with Gasteiger partial charge >= 0.3 is 6.03 Å². The number of fused-ring (bicyclic) bond motifs is 4. The minimum atomic E-state index is -0.252. The molecule has 3 heterocycles. The highest BCUT2D eigenvalue weighted by atomic mass is 19.1. The zero-order chi connectivity index (χ0) is 14.8. The Bertz CT molecular complexity index is 526. The van der Waals surface area contributed by atoms with Crippen LogP contribution in [0.3, 0.4) is 0 Å². The number of carbonyl (C=O) groups is 1. The molecular formula is C16H22FN3O. The first-order chi connectivity index (χ1) is 10.2. The number of halogens is 1. The lowest BCUT2D eigenvalue weighted by molar-refractivity contribution is 0.182. The molecule has 4 rings (SSSR count). The van der Waals surface area contributed by atoms with E-state index in [9.17, 15) is 9.18 Å². The van der Waals surface area contributed by atoms with Gasteiger partial charge in [-0.1, -0.05) is 13.0 Å². The fraction of sp³-hybridized carbons (Fsp3) is 0.562. The molecular weight excluding hydrogens is 269 g/mol. The van der Waals surface area contributed by atoms with Crippen molar-refractivity contribution in [2.75, 3.05) is 31.5 Å². The number of urea groups is 1. The van der Waals surface area contributed by atoms with Gasteiger partial charge in [0.05, 0.1) is 0 Å². The molecule has 1 aromatic carbocycles. The lowest BCUT2D eigenvalue weighted by atomic mass is 10.1. The largest absolute Gasteiger partial charge is 0.322 e. The molecule has 1 N–H and O–H groups in total. The van der Waals surface area contributed by atoms with Crippen LogP contribution in [0.15, 0.2) is 18.2 Å². The number of carbonyl (C=O) groups excluding carboxylic acids is 1. The molecule has 3 fully saturated rings. The molecule has 5 heteroatoms. The SMILES string of the molecule is CCc1ccc(NC(=O)N2CCN3CCC2CC3)cc1F. The third-order valence-electron chi connectivity index (χ3n) is 4.60. The van der Waals surface area contributed by atoms with E-state index in [2.05, 4.69) is 10.2 Å². The van der Waals surface area contributed by atoms with Crippen LogP contribution in [0.5, 0.6) is 0 Å². The molecule has 0 aromatic heterocycles. The smallest absolute Gasteiger partial charge is 0.320 e. The Labute approximate surface area is 124 Å². The molecule has 4 nitrogen and oxygen atoms in total. The van der Waals surface area contributed by atoms with Crippen molar-refractivity contribution in [2.24, 2.45) is 0 Å². The van der Waals surface area contributed by atoms with Crippen molar-refractivity contribution in [3.63, 3.8) is 0 Å². The molecule has 0 spiro atoms. The molecule has 0 radical (unpaired) electrons. The standard InChI is InChI=1S/C16H22FN3O/c1-2-12-3-4-13(11-15(12)17)18-16(21)20-10-9-19-7-5-14(20)6-8-19/h3-4,11,14H,2,5-10H2,1H3,(H,18,21). The van der Waals surface area contributed by atoms with Crippen molar-refractivity contribution in [3.05, 3.63) is 29.6 Å². The number of benzene rings is 1. The van der Waals surface area contributed by atoms with Gasteiger partial charge in [-0.25, -0.2) is 9.18 Å². The van der Waals surface area contributed by atoms with Crippen molar-refractivity contribution in [2.45, 2.75) is 32.2 Å². The zero-order valence-electron chi connectivity index (χ0n) is 12.4. The number of aryl methyl sites for hydroxylation is 1. The van der Waals surface area contributed by atoms with Crippen LogP contribution in [0, 0.1) is 5.82 Å². The van der Waals surface area contributed by atoms with Gasteiger partial charge in [-0.3, -0.25) is 0 Å². The Morgan fingerprint density at radius 2 is 2.05 bits per heavy atom. The first-order valence-electron chi connectivity index (χ1n) is 7.76. The minimum absolute atomic E-state index is 0.104. The van der Waals surface area contributed by atoms with Gasteiger partial charge in [0.15, 0.2) is 0 Å². The molecule has 1 aromatic rings. The number of anilines is 1. The molecule has 0 atom stereocenters. The Morgan fingerprint density at radius 1 is 1.29 bits per heavy atom. The number of amides is 2. The summed E-state index contributed by atoms with van der Waals surface area (Å²) in [6.45, 7) is 5.77. The van der Waals surface area contributed by atoms with E-state index in [1.165, 1.54) is 6.07 Å². The summed E-state index contributed by atoms with van der Waals surface area (Å²) in [5.41, 5.74) is 1.21. The Hall–Kier alpha value is -1.62. The molecule has 3 saturated heterocycles. The van der Waals surface area contributed by atoms with Gasteiger partial charge in [0, 0.05) is 37.9 Å². The molecule has 0 aliphatic carbocycles. The average molecular weight is 291 g/mol. The van der Waals surface area contributed by atoms with E-state index in [0.29, 0.717) is 23.7 Å². The second-order valence-corrected chi connectivity index (χ2v) is 5.86. The summed E-state index contributed by atoms with van der Waals surface area (Å²) in [6.07, 6.45) is 2.73. The second-order valence-electron chi connectivity index (χ2n) is 5.86. The van der Waals surface area contributed by atoms with E-state index in [0.717, 1.165) is 39.0 Å². The summed E-state index contributed by atoms with van der Waals surface area (Å²) >= 11 is 0. The number of hydrogen-bond acceptors (Lipinski definition) is 2. The highest BCUT2D eigenvalue weighted by Gasteiger charge is 2.31. The molecule has 3 aliphatic heterocycles. The van der Waals surface area contributed by atoms with Gasteiger partial charge in [-0.05, 0) is 37.0 Å².